The number of hydrogen-bond donors (Lipinski definition) is 4. The highest BCUT2D eigenvalue weighted by atomic mass is 16.5. The first-order valence-corrected chi connectivity index (χ1v) is 9.99. The molecule has 0 aliphatic heterocycles. The van der Waals surface area contributed by atoms with Crippen LogP contribution >= 0.6 is 0 Å². The number of ketones is 1. The summed E-state index contributed by atoms with van der Waals surface area (Å²) in [5.41, 5.74) is 1.20. The highest BCUT2D eigenvalue weighted by molar-refractivity contribution is 5.84. The van der Waals surface area contributed by atoms with Gasteiger partial charge >= 0.3 is 0 Å². The Kier molecular flexibility index (Phi) is 7.68. The van der Waals surface area contributed by atoms with Gasteiger partial charge < -0.3 is 25.2 Å². The Bertz CT molecular complexity index is 849. The van der Waals surface area contributed by atoms with Gasteiger partial charge in [-0.2, -0.15) is 0 Å². The summed E-state index contributed by atoms with van der Waals surface area (Å²) in [4.78, 5) is 12.6. The monoisotopic (exact) mass is 422 g/mol. The first-order valence-electron chi connectivity index (χ1n) is 9.99. The molecule has 0 amide bonds. The second kappa shape index (κ2) is 10.4. The summed E-state index contributed by atoms with van der Waals surface area (Å²) in [6, 6.07) is 28.2. The van der Waals surface area contributed by atoms with Gasteiger partial charge in [-0.15, -0.1) is 0 Å². The van der Waals surface area contributed by atoms with Gasteiger partial charge in [-0.3, -0.25) is 4.79 Å². The molecule has 0 aromatic heterocycles. The number of carbonyl (C=O) groups is 1. The molecule has 31 heavy (non-hydrogen) atoms. The Morgan fingerprint density at radius 1 is 0.742 bits per heavy atom. The fourth-order valence-corrected chi connectivity index (χ4v) is 3.54. The van der Waals surface area contributed by atoms with Crippen LogP contribution in [0, 0.1) is 0 Å². The molecule has 0 bridgehead atoms. The van der Waals surface area contributed by atoms with Crippen molar-refractivity contribution in [2.45, 2.75) is 23.9 Å². The molecule has 0 aliphatic rings. The van der Waals surface area contributed by atoms with E-state index in [1.165, 1.54) is 0 Å². The second-order valence-electron chi connectivity index (χ2n) is 7.22. The zero-order chi connectivity index (χ0) is 22.3. The Balaban J connectivity index is 2.03. The van der Waals surface area contributed by atoms with E-state index >= 15 is 0 Å². The maximum atomic E-state index is 12.6. The zero-order valence-electron chi connectivity index (χ0n) is 16.9. The number of rotatable bonds is 10. The van der Waals surface area contributed by atoms with Crippen molar-refractivity contribution in [2.24, 2.45) is 0 Å². The third-order valence-electron chi connectivity index (χ3n) is 5.21. The third kappa shape index (κ3) is 4.90. The van der Waals surface area contributed by atoms with Gasteiger partial charge in [0.15, 0.2) is 5.78 Å². The van der Waals surface area contributed by atoms with Crippen molar-refractivity contribution in [3.05, 3.63) is 108 Å². The molecule has 3 atom stereocenters. The van der Waals surface area contributed by atoms with E-state index in [0.717, 1.165) is 16.7 Å². The molecule has 0 radical (unpaired) electrons. The molecule has 6 heteroatoms. The van der Waals surface area contributed by atoms with Crippen molar-refractivity contribution in [1.82, 2.24) is 0 Å². The molecule has 0 unspecified atom stereocenters. The van der Waals surface area contributed by atoms with Crippen LogP contribution in [0.4, 0.5) is 0 Å². The summed E-state index contributed by atoms with van der Waals surface area (Å²) in [6.07, 6.45) is -5.36. The molecule has 3 aromatic rings. The first kappa shape index (κ1) is 22.8. The summed E-state index contributed by atoms with van der Waals surface area (Å²) in [5.74, 6) is -0.813. The van der Waals surface area contributed by atoms with Crippen molar-refractivity contribution < 1.29 is 30.0 Å². The smallest absolute Gasteiger partial charge is 0.189 e. The SMILES string of the molecule is O=C(COC(c1ccccc1)(c1ccccc1)c1ccccc1)[C@@H](O)[C@H](O)[C@@H](O)CO. The Labute approximate surface area is 181 Å². The molecule has 0 aliphatic carbocycles. The van der Waals surface area contributed by atoms with Gasteiger partial charge in [0.25, 0.3) is 0 Å². The number of ether oxygens (including phenoxy) is 1. The first-order chi connectivity index (χ1) is 15.0. The minimum absolute atomic E-state index is 0.533. The van der Waals surface area contributed by atoms with Crippen LogP contribution < -0.4 is 0 Å². The van der Waals surface area contributed by atoms with E-state index in [9.17, 15) is 20.1 Å². The molecule has 0 fully saturated rings. The molecule has 0 saturated carbocycles. The summed E-state index contributed by atoms with van der Waals surface area (Å²) in [5, 5.41) is 38.6. The van der Waals surface area contributed by atoms with Gasteiger partial charge in [-0.05, 0) is 16.7 Å². The van der Waals surface area contributed by atoms with Crippen molar-refractivity contribution in [1.29, 1.82) is 0 Å². The number of hydrogen-bond acceptors (Lipinski definition) is 6. The quantitative estimate of drug-likeness (QED) is 0.370. The molecule has 0 spiro atoms. The Hall–Kier alpha value is -2.87. The Morgan fingerprint density at radius 3 is 1.48 bits per heavy atom. The molecule has 162 valence electrons. The van der Waals surface area contributed by atoms with E-state index in [4.69, 9.17) is 9.84 Å². The van der Waals surface area contributed by atoms with Gasteiger partial charge in [0.1, 0.15) is 30.5 Å². The van der Waals surface area contributed by atoms with E-state index in [1.807, 2.05) is 91.0 Å². The molecular formula is C25H26O6. The number of benzene rings is 3. The molecule has 4 N–H and O–H groups in total. The number of aliphatic hydroxyl groups is 4. The fourth-order valence-electron chi connectivity index (χ4n) is 3.54. The van der Waals surface area contributed by atoms with Crippen LogP contribution in [0.25, 0.3) is 0 Å². The maximum Gasteiger partial charge on any atom is 0.189 e. The van der Waals surface area contributed by atoms with Crippen molar-refractivity contribution >= 4 is 5.78 Å². The summed E-state index contributed by atoms with van der Waals surface area (Å²) in [7, 11) is 0. The maximum absolute atomic E-state index is 12.6. The number of Topliss-reactive ketones (excluding diaryl/α,β-unsaturated/α-hetero) is 1. The zero-order valence-corrected chi connectivity index (χ0v) is 16.9. The van der Waals surface area contributed by atoms with Crippen molar-refractivity contribution in [2.75, 3.05) is 13.2 Å². The molecule has 0 heterocycles. The van der Waals surface area contributed by atoms with E-state index < -0.39 is 42.9 Å². The predicted molar refractivity (Wildman–Crippen MR) is 115 cm³/mol. The van der Waals surface area contributed by atoms with Crippen LogP contribution in [0.3, 0.4) is 0 Å². The van der Waals surface area contributed by atoms with Gasteiger partial charge in [0.2, 0.25) is 0 Å². The summed E-state index contributed by atoms with van der Waals surface area (Å²) >= 11 is 0. The lowest BCUT2D eigenvalue weighted by Gasteiger charge is -2.36. The standard InChI is InChI=1S/C25H26O6/c26-16-21(27)23(29)24(30)22(28)17-31-25(18-10-4-1-5-11-18,19-12-6-2-7-13-19)20-14-8-3-9-15-20/h1-15,21,23-24,26-27,29-30H,16-17H2/t21-,23+,24+/m0/s1. The lowest BCUT2D eigenvalue weighted by molar-refractivity contribution is -0.148. The van der Waals surface area contributed by atoms with Gasteiger partial charge in [0, 0.05) is 0 Å². The second-order valence-corrected chi connectivity index (χ2v) is 7.22. The van der Waals surface area contributed by atoms with E-state index in [-0.39, 0.29) is 0 Å². The van der Waals surface area contributed by atoms with Crippen molar-refractivity contribution in [3.8, 4) is 0 Å². The van der Waals surface area contributed by atoms with Crippen LogP contribution in [0.5, 0.6) is 0 Å². The molecule has 3 aromatic carbocycles. The van der Waals surface area contributed by atoms with Crippen LogP contribution in [-0.4, -0.2) is 57.7 Å². The van der Waals surface area contributed by atoms with Gasteiger partial charge in [0.05, 0.1) is 6.61 Å². The minimum Gasteiger partial charge on any atom is -0.394 e. The minimum atomic E-state index is -1.90. The summed E-state index contributed by atoms with van der Waals surface area (Å²) < 4.78 is 6.27. The van der Waals surface area contributed by atoms with Crippen LogP contribution in [0.2, 0.25) is 0 Å². The highest BCUT2D eigenvalue weighted by Crippen LogP contribution is 2.40. The highest BCUT2D eigenvalue weighted by Gasteiger charge is 2.39. The average molecular weight is 422 g/mol. The molecule has 3 rings (SSSR count). The lowest BCUT2D eigenvalue weighted by atomic mass is 9.80. The third-order valence-corrected chi connectivity index (χ3v) is 5.21. The van der Waals surface area contributed by atoms with Gasteiger partial charge in [-0.25, -0.2) is 0 Å². The normalized spacial score (nSPS) is 14.6. The van der Waals surface area contributed by atoms with Crippen molar-refractivity contribution in [3.63, 3.8) is 0 Å². The van der Waals surface area contributed by atoms with E-state index in [1.54, 1.807) is 0 Å². The average Bonchev–Trinajstić information content (AvgIpc) is 2.84. The Morgan fingerprint density at radius 2 is 1.13 bits per heavy atom. The van der Waals surface area contributed by atoms with E-state index in [0.29, 0.717) is 0 Å². The van der Waals surface area contributed by atoms with Crippen LogP contribution in [0.15, 0.2) is 91.0 Å². The number of aliphatic hydroxyl groups excluding tert-OH is 4. The molecule has 6 nitrogen and oxygen atoms in total. The van der Waals surface area contributed by atoms with Gasteiger partial charge in [-0.1, -0.05) is 91.0 Å². The topological polar surface area (TPSA) is 107 Å². The molecule has 0 saturated heterocycles. The predicted octanol–water partition coefficient (Wildman–Crippen LogP) is 1.64. The lowest BCUT2D eigenvalue weighted by Crippen LogP contribution is -2.46. The molecular weight excluding hydrogens is 396 g/mol. The van der Waals surface area contributed by atoms with Crippen LogP contribution in [-0.2, 0) is 15.1 Å². The fraction of sp³-hybridized carbons (Fsp3) is 0.240. The number of carbonyl (C=O) groups excluding carboxylic acids is 1. The summed E-state index contributed by atoms with van der Waals surface area (Å²) in [6.45, 7) is -1.32. The van der Waals surface area contributed by atoms with Crippen LogP contribution in [0.1, 0.15) is 16.7 Å². The largest absolute Gasteiger partial charge is 0.394 e. The van der Waals surface area contributed by atoms with E-state index in [2.05, 4.69) is 0 Å².